The van der Waals surface area contributed by atoms with Crippen LogP contribution in [0.25, 0.3) is 0 Å². The molecule has 1 aliphatic rings. The van der Waals surface area contributed by atoms with Crippen LogP contribution >= 0.6 is 11.6 Å². The van der Waals surface area contributed by atoms with Gasteiger partial charge in [0.25, 0.3) is 0 Å². The summed E-state index contributed by atoms with van der Waals surface area (Å²) in [5.74, 6) is 0.310. The third kappa shape index (κ3) is 9.18. The first-order valence-corrected chi connectivity index (χ1v) is 11.4. The van der Waals surface area contributed by atoms with Gasteiger partial charge in [-0.05, 0) is 74.8 Å². The van der Waals surface area contributed by atoms with E-state index in [4.69, 9.17) is 21.4 Å². The molecule has 3 atom stereocenters. The quantitative estimate of drug-likeness (QED) is 0.224. The summed E-state index contributed by atoms with van der Waals surface area (Å²) in [4.78, 5) is 10.5. The van der Waals surface area contributed by atoms with Gasteiger partial charge in [0, 0.05) is 18.4 Å². The van der Waals surface area contributed by atoms with Gasteiger partial charge in [0.1, 0.15) is 0 Å². The summed E-state index contributed by atoms with van der Waals surface area (Å²) >= 11 is 6.57. The molecule has 1 aliphatic carbocycles. The molecule has 0 amide bonds. The molecule has 1 saturated carbocycles. The topological polar surface area (TPSA) is 46.5 Å². The molecule has 0 heterocycles. The average Bonchev–Trinajstić information content (AvgIpc) is 3.06. The predicted octanol–water partition coefficient (Wildman–Crippen LogP) is 6.55. The third-order valence-electron chi connectivity index (χ3n) is 5.57. The fourth-order valence-electron chi connectivity index (χ4n) is 3.97. The van der Waals surface area contributed by atoms with Crippen molar-refractivity contribution in [3.05, 3.63) is 59.7 Å². The largest absolute Gasteiger partial charge is 0.481 e. The molecule has 2 rings (SSSR count). The number of ether oxygens (including phenoxy) is 1. The van der Waals surface area contributed by atoms with Crippen LogP contribution in [0.4, 0.5) is 0 Å². The van der Waals surface area contributed by atoms with Gasteiger partial charge in [-0.15, -0.1) is 11.6 Å². The summed E-state index contributed by atoms with van der Waals surface area (Å²) < 4.78 is 5.50. The molecule has 1 aromatic carbocycles. The van der Waals surface area contributed by atoms with E-state index >= 15 is 0 Å². The molecular weight excluding hydrogens is 384 g/mol. The number of unbranched alkanes of at least 4 members (excludes halogenated alkanes) is 1. The highest BCUT2D eigenvalue weighted by atomic mass is 35.5. The van der Waals surface area contributed by atoms with Crippen molar-refractivity contribution in [3.63, 3.8) is 0 Å². The van der Waals surface area contributed by atoms with Crippen molar-refractivity contribution in [2.75, 3.05) is 6.61 Å². The zero-order chi connectivity index (χ0) is 20.9. The van der Waals surface area contributed by atoms with Crippen LogP contribution in [-0.2, 0) is 22.6 Å². The molecule has 160 valence electrons. The minimum Gasteiger partial charge on any atom is -0.481 e. The number of hydrogen-bond acceptors (Lipinski definition) is 2. The van der Waals surface area contributed by atoms with Crippen LogP contribution in [0.1, 0.15) is 63.0 Å². The number of carboxylic acid groups (broad SMARTS) is 1. The highest BCUT2D eigenvalue weighted by Gasteiger charge is 2.32. The second-order valence-corrected chi connectivity index (χ2v) is 8.40. The molecule has 0 spiro atoms. The molecule has 1 N–H and O–H groups in total. The molecule has 1 aromatic rings. The van der Waals surface area contributed by atoms with E-state index in [2.05, 4.69) is 48.6 Å². The van der Waals surface area contributed by atoms with E-state index in [9.17, 15) is 4.79 Å². The number of carbonyl (C=O) groups is 1. The average molecular weight is 419 g/mol. The predicted molar refractivity (Wildman–Crippen MR) is 120 cm³/mol. The number of benzene rings is 1. The molecular formula is C25H35ClO3. The summed E-state index contributed by atoms with van der Waals surface area (Å²) in [5, 5.41) is 8.92. The van der Waals surface area contributed by atoms with Crippen LogP contribution in [0.15, 0.2) is 48.6 Å². The highest BCUT2D eigenvalue weighted by molar-refractivity contribution is 6.21. The number of aliphatic carboxylic acids is 1. The number of rotatable bonds is 13. The number of carboxylic acids is 1. The number of aryl methyl sites for hydroxylation is 1. The molecule has 3 nitrogen and oxygen atoms in total. The van der Waals surface area contributed by atoms with Gasteiger partial charge in [0.2, 0.25) is 0 Å². The van der Waals surface area contributed by atoms with Crippen molar-refractivity contribution >= 4 is 17.6 Å². The van der Waals surface area contributed by atoms with Crippen molar-refractivity contribution in [1.82, 2.24) is 0 Å². The molecule has 2 unspecified atom stereocenters. The van der Waals surface area contributed by atoms with Crippen LogP contribution < -0.4 is 0 Å². The van der Waals surface area contributed by atoms with E-state index < -0.39 is 5.97 Å². The van der Waals surface area contributed by atoms with E-state index in [1.807, 2.05) is 6.92 Å². The number of hydrogen-bond donors (Lipinski definition) is 1. The van der Waals surface area contributed by atoms with Gasteiger partial charge in [0.05, 0.1) is 6.61 Å². The van der Waals surface area contributed by atoms with E-state index in [1.54, 1.807) is 0 Å². The van der Waals surface area contributed by atoms with Crippen molar-refractivity contribution in [3.8, 4) is 0 Å². The highest BCUT2D eigenvalue weighted by Crippen LogP contribution is 2.39. The van der Waals surface area contributed by atoms with Crippen molar-refractivity contribution in [1.29, 1.82) is 0 Å². The van der Waals surface area contributed by atoms with Crippen LogP contribution in [0.3, 0.4) is 0 Å². The van der Waals surface area contributed by atoms with Gasteiger partial charge in [-0.25, -0.2) is 0 Å². The monoisotopic (exact) mass is 418 g/mol. The summed E-state index contributed by atoms with van der Waals surface area (Å²) in [7, 11) is 0. The van der Waals surface area contributed by atoms with Gasteiger partial charge >= 0.3 is 5.97 Å². The number of alkyl halides is 1. The summed E-state index contributed by atoms with van der Waals surface area (Å²) in [6, 6.07) is 8.66. The Bertz CT molecular complexity index is 668. The van der Waals surface area contributed by atoms with Crippen molar-refractivity contribution in [2.45, 2.75) is 70.3 Å². The molecule has 4 heteroatoms. The molecule has 29 heavy (non-hydrogen) atoms. The zero-order valence-corrected chi connectivity index (χ0v) is 18.3. The van der Waals surface area contributed by atoms with Crippen LogP contribution in [0, 0.1) is 11.8 Å². The Kier molecular flexibility index (Phi) is 11.1. The van der Waals surface area contributed by atoms with Crippen LogP contribution in [-0.4, -0.2) is 23.1 Å². The first-order valence-electron chi connectivity index (χ1n) is 10.9. The van der Waals surface area contributed by atoms with E-state index in [0.717, 1.165) is 45.1 Å². The molecule has 0 radical (unpaired) electrons. The summed E-state index contributed by atoms with van der Waals surface area (Å²) in [6.45, 7) is 3.45. The van der Waals surface area contributed by atoms with E-state index in [0.29, 0.717) is 24.9 Å². The lowest BCUT2D eigenvalue weighted by Gasteiger charge is -2.17. The second-order valence-electron chi connectivity index (χ2n) is 7.84. The Morgan fingerprint density at radius 2 is 2.03 bits per heavy atom. The Morgan fingerprint density at radius 1 is 1.21 bits per heavy atom. The maximum Gasteiger partial charge on any atom is 0.303 e. The zero-order valence-electron chi connectivity index (χ0n) is 17.6. The number of halogens is 1. The summed E-state index contributed by atoms with van der Waals surface area (Å²) in [5.41, 5.74) is 2.60. The number of allylic oxidation sites excluding steroid dienone is 4. The van der Waals surface area contributed by atoms with Crippen LogP contribution in [0.2, 0.25) is 0 Å². The Balaban J connectivity index is 1.75. The fourth-order valence-corrected chi connectivity index (χ4v) is 4.38. The van der Waals surface area contributed by atoms with Gasteiger partial charge in [-0.3, -0.25) is 4.79 Å². The SMILES string of the molecule is CCOCc1cccc(CC/C=C/C2CCC(Cl)[C@@H]2C/C=C\CCCC(=O)O)c1. The Labute approximate surface area is 180 Å². The van der Waals surface area contributed by atoms with Gasteiger partial charge < -0.3 is 9.84 Å². The minimum atomic E-state index is -0.721. The van der Waals surface area contributed by atoms with Gasteiger partial charge in [0.15, 0.2) is 0 Å². The standard InChI is InChI=1S/C25H35ClO3/c1-2-29-19-21-12-9-11-20(18-21)10-7-8-13-22-16-17-24(26)23(22)14-5-3-4-6-15-25(27)28/h3,5,8-9,11-13,18,22-24H,2,4,6-7,10,14-17,19H2,1H3,(H,27,28)/b5-3-,13-8+/t22?,23-,24?/m1/s1. The van der Waals surface area contributed by atoms with Crippen molar-refractivity contribution < 1.29 is 14.6 Å². The van der Waals surface area contributed by atoms with Gasteiger partial charge in [-0.1, -0.05) is 48.6 Å². The Morgan fingerprint density at radius 3 is 2.83 bits per heavy atom. The molecule has 0 aliphatic heterocycles. The smallest absolute Gasteiger partial charge is 0.303 e. The fraction of sp³-hybridized carbons (Fsp3) is 0.560. The first kappa shape index (κ1) is 23.7. The molecule has 0 bridgehead atoms. The summed E-state index contributed by atoms with van der Waals surface area (Å²) in [6.07, 6.45) is 16.1. The van der Waals surface area contributed by atoms with Crippen LogP contribution in [0.5, 0.6) is 0 Å². The van der Waals surface area contributed by atoms with E-state index in [1.165, 1.54) is 11.1 Å². The van der Waals surface area contributed by atoms with E-state index in [-0.39, 0.29) is 11.8 Å². The third-order valence-corrected chi connectivity index (χ3v) is 6.12. The Hall–Kier alpha value is -1.58. The molecule has 1 fully saturated rings. The normalized spacial score (nSPS) is 22.1. The lowest BCUT2D eigenvalue weighted by Crippen LogP contribution is -2.12. The molecule has 0 aromatic heterocycles. The lowest BCUT2D eigenvalue weighted by molar-refractivity contribution is -0.137. The second kappa shape index (κ2) is 13.6. The maximum atomic E-state index is 10.5. The molecule has 0 saturated heterocycles. The first-order chi connectivity index (χ1) is 14.1. The lowest BCUT2D eigenvalue weighted by atomic mass is 9.91. The minimum absolute atomic E-state index is 0.239. The van der Waals surface area contributed by atoms with Crippen molar-refractivity contribution in [2.24, 2.45) is 11.8 Å². The maximum absolute atomic E-state index is 10.5. The van der Waals surface area contributed by atoms with Gasteiger partial charge in [-0.2, -0.15) is 0 Å².